The highest BCUT2D eigenvalue weighted by molar-refractivity contribution is 6.10. The second-order valence-electron chi connectivity index (χ2n) is 11.4. The van der Waals surface area contributed by atoms with E-state index in [1.807, 2.05) is 48.5 Å². The zero-order valence-corrected chi connectivity index (χ0v) is 24.3. The average Bonchev–Trinajstić information content (AvgIpc) is 3.12. The fraction of sp³-hybridized carbons (Fsp3) is 0. The van der Waals surface area contributed by atoms with Crippen molar-refractivity contribution < 1.29 is 4.74 Å². The van der Waals surface area contributed by atoms with E-state index in [1.165, 1.54) is 27.5 Å². The topological polar surface area (TPSA) is 35.0 Å². The van der Waals surface area contributed by atoms with Gasteiger partial charge >= 0.3 is 0 Å². The van der Waals surface area contributed by atoms with Crippen LogP contribution >= 0.6 is 0 Å². The molecule has 0 amide bonds. The number of hydrogen-bond acceptors (Lipinski definition) is 3. The molecule has 3 nitrogen and oxygen atoms in total. The van der Waals surface area contributed by atoms with E-state index in [0.717, 1.165) is 61.7 Å². The molecule has 0 bridgehead atoms. The molecule has 0 spiro atoms. The lowest BCUT2D eigenvalue weighted by molar-refractivity contribution is 0.487. The molecule has 0 radical (unpaired) electrons. The van der Waals surface area contributed by atoms with Crippen LogP contribution in [0.5, 0.6) is 11.5 Å². The van der Waals surface area contributed by atoms with Gasteiger partial charge in [-0.05, 0) is 63.2 Å². The lowest BCUT2D eigenvalue weighted by atomic mass is 9.90. The van der Waals surface area contributed by atoms with Crippen LogP contribution in [0.4, 0.5) is 0 Å². The molecule has 7 aromatic carbocycles. The van der Waals surface area contributed by atoms with Crippen LogP contribution in [0.3, 0.4) is 0 Å². The van der Waals surface area contributed by atoms with Crippen molar-refractivity contribution in [2.24, 2.45) is 0 Å². The Kier molecular flexibility index (Phi) is 5.82. The largest absolute Gasteiger partial charge is 0.456 e. The molecule has 45 heavy (non-hydrogen) atoms. The summed E-state index contributed by atoms with van der Waals surface area (Å²) in [7, 11) is 0. The lowest BCUT2D eigenvalue weighted by Crippen LogP contribution is -1.97. The minimum Gasteiger partial charge on any atom is -0.456 e. The van der Waals surface area contributed by atoms with Gasteiger partial charge in [-0.3, -0.25) is 0 Å². The molecule has 0 N–H and O–H groups in total. The van der Waals surface area contributed by atoms with Gasteiger partial charge in [0, 0.05) is 27.6 Å². The Morgan fingerprint density at radius 2 is 1.02 bits per heavy atom. The summed E-state index contributed by atoms with van der Waals surface area (Å²) in [5, 5.41) is 4.70. The summed E-state index contributed by atoms with van der Waals surface area (Å²) in [5.41, 5.74) is 9.65. The second-order valence-corrected chi connectivity index (χ2v) is 11.4. The molecule has 1 aromatic heterocycles. The first-order valence-corrected chi connectivity index (χ1v) is 15.2. The first kappa shape index (κ1) is 25.4. The third kappa shape index (κ3) is 4.37. The maximum absolute atomic E-state index is 6.33. The van der Waals surface area contributed by atoms with Gasteiger partial charge in [0.15, 0.2) is 5.82 Å². The lowest BCUT2D eigenvalue weighted by Gasteiger charge is -2.22. The molecule has 2 heterocycles. The predicted octanol–water partition coefficient (Wildman–Crippen LogP) is 11.2. The van der Waals surface area contributed by atoms with Gasteiger partial charge < -0.3 is 4.74 Å². The maximum atomic E-state index is 6.33. The fourth-order valence-electron chi connectivity index (χ4n) is 6.47. The second kappa shape index (κ2) is 10.3. The van der Waals surface area contributed by atoms with Crippen LogP contribution < -0.4 is 4.74 Å². The zero-order valence-electron chi connectivity index (χ0n) is 24.3. The molecule has 8 aromatic rings. The Balaban J connectivity index is 1.14. The summed E-state index contributed by atoms with van der Waals surface area (Å²) < 4.78 is 6.33. The molecule has 0 saturated heterocycles. The van der Waals surface area contributed by atoms with E-state index in [4.69, 9.17) is 14.7 Å². The Morgan fingerprint density at radius 1 is 0.378 bits per heavy atom. The summed E-state index contributed by atoms with van der Waals surface area (Å²) in [6.45, 7) is 0. The fourth-order valence-corrected chi connectivity index (χ4v) is 6.47. The Labute approximate surface area is 261 Å². The molecular formula is C42H26N2O. The van der Waals surface area contributed by atoms with Crippen molar-refractivity contribution in [3.05, 3.63) is 158 Å². The molecule has 9 rings (SSSR count). The summed E-state index contributed by atoms with van der Waals surface area (Å²) in [4.78, 5) is 9.98. The highest BCUT2D eigenvalue weighted by Gasteiger charge is 2.21. The van der Waals surface area contributed by atoms with E-state index in [2.05, 4.69) is 109 Å². The van der Waals surface area contributed by atoms with Crippen LogP contribution in [0.2, 0.25) is 0 Å². The van der Waals surface area contributed by atoms with E-state index in [1.54, 1.807) is 0 Å². The maximum Gasteiger partial charge on any atom is 0.160 e. The van der Waals surface area contributed by atoms with Crippen molar-refractivity contribution in [3.63, 3.8) is 0 Å². The molecule has 210 valence electrons. The van der Waals surface area contributed by atoms with Crippen molar-refractivity contribution in [1.82, 2.24) is 9.97 Å². The van der Waals surface area contributed by atoms with E-state index in [0.29, 0.717) is 0 Å². The van der Waals surface area contributed by atoms with Gasteiger partial charge in [0.2, 0.25) is 0 Å². The number of ether oxygens (including phenoxy) is 1. The van der Waals surface area contributed by atoms with Crippen LogP contribution in [0, 0.1) is 0 Å². The van der Waals surface area contributed by atoms with Crippen LogP contribution in [0.15, 0.2) is 158 Å². The monoisotopic (exact) mass is 574 g/mol. The minimum atomic E-state index is 0.719. The van der Waals surface area contributed by atoms with Crippen molar-refractivity contribution in [3.8, 4) is 67.7 Å². The number of benzene rings is 7. The quantitative estimate of drug-likeness (QED) is 0.210. The van der Waals surface area contributed by atoms with Gasteiger partial charge in [-0.15, -0.1) is 0 Å². The third-order valence-corrected chi connectivity index (χ3v) is 8.67. The van der Waals surface area contributed by atoms with Crippen molar-refractivity contribution in [2.75, 3.05) is 0 Å². The highest BCUT2D eigenvalue weighted by Crippen LogP contribution is 2.48. The van der Waals surface area contributed by atoms with Crippen LogP contribution in [-0.4, -0.2) is 9.97 Å². The van der Waals surface area contributed by atoms with Gasteiger partial charge in [-0.2, -0.15) is 0 Å². The van der Waals surface area contributed by atoms with Crippen LogP contribution in [0.1, 0.15) is 0 Å². The van der Waals surface area contributed by atoms with Crippen molar-refractivity contribution >= 4 is 21.5 Å². The van der Waals surface area contributed by atoms with Crippen molar-refractivity contribution in [1.29, 1.82) is 0 Å². The Hall–Kier alpha value is -6.06. The summed E-state index contributed by atoms with van der Waals surface area (Å²) >= 11 is 0. The standard InChI is InChI=1S/C42H26N2O/c1-3-10-27(11-4-1)37-26-38(44-42(43-37)28-12-5-2-6-13-28)32-21-19-29-24-31(20-18-30(29)25-32)33-22-23-40-41-35(33)15-9-16-36(41)34-14-7-8-17-39(34)45-40/h1-26H. The van der Waals surface area contributed by atoms with Crippen LogP contribution in [-0.2, 0) is 0 Å². The van der Waals surface area contributed by atoms with Crippen molar-refractivity contribution in [2.45, 2.75) is 0 Å². The molecular weight excluding hydrogens is 548 g/mol. The van der Waals surface area contributed by atoms with E-state index in [-0.39, 0.29) is 0 Å². The van der Waals surface area contributed by atoms with Crippen LogP contribution in [0.25, 0.3) is 77.7 Å². The molecule has 1 aliphatic heterocycles. The van der Waals surface area contributed by atoms with Gasteiger partial charge in [0.25, 0.3) is 0 Å². The van der Waals surface area contributed by atoms with Gasteiger partial charge in [-0.25, -0.2) is 9.97 Å². The normalized spacial score (nSPS) is 11.7. The summed E-state index contributed by atoms with van der Waals surface area (Å²) in [6.07, 6.45) is 0. The molecule has 0 aliphatic carbocycles. The molecule has 3 heteroatoms. The third-order valence-electron chi connectivity index (χ3n) is 8.67. The molecule has 0 atom stereocenters. The predicted molar refractivity (Wildman–Crippen MR) is 184 cm³/mol. The SMILES string of the molecule is c1ccc(-c2cc(-c3ccc4cc(-c5ccc6c7c(cccc57)-c5ccccc5O6)ccc4c3)nc(-c3ccccc3)n2)cc1. The van der Waals surface area contributed by atoms with Gasteiger partial charge in [0.1, 0.15) is 11.5 Å². The summed E-state index contributed by atoms with van der Waals surface area (Å²) in [6, 6.07) is 55.0. The zero-order chi connectivity index (χ0) is 29.7. The van der Waals surface area contributed by atoms with Gasteiger partial charge in [0.05, 0.1) is 11.4 Å². The smallest absolute Gasteiger partial charge is 0.160 e. The van der Waals surface area contributed by atoms with E-state index >= 15 is 0 Å². The number of rotatable bonds is 4. The van der Waals surface area contributed by atoms with E-state index < -0.39 is 0 Å². The van der Waals surface area contributed by atoms with Gasteiger partial charge in [-0.1, -0.05) is 127 Å². The number of hydrogen-bond donors (Lipinski definition) is 0. The number of aromatic nitrogens is 2. The van der Waals surface area contributed by atoms with E-state index in [9.17, 15) is 0 Å². The average molecular weight is 575 g/mol. The number of fused-ring (bicyclic) bond motifs is 3. The molecule has 0 fully saturated rings. The number of nitrogens with zero attached hydrogens (tertiary/aromatic N) is 2. The molecule has 0 saturated carbocycles. The first-order valence-electron chi connectivity index (χ1n) is 15.2. The molecule has 0 unspecified atom stereocenters. The first-order chi connectivity index (χ1) is 22.3. The Bertz CT molecular complexity index is 2340. The number of para-hydroxylation sites is 1. The highest BCUT2D eigenvalue weighted by atomic mass is 16.5. The Morgan fingerprint density at radius 3 is 1.82 bits per heavy atom. The minimum absolute atomic E-state index is 0.719. The molecule has 1 aliphatic rings. The summed E-state index contributed by atoms with van der Waals surface area (Å²) in [5.74, 6) is 2.53.